The summed E-state index contributed by atoms with van der Waals surface area (Å²) >= 11 is 0. The smallest absolute Gasteiger partial charge is 0.0367 e. The van der Waals surface area contributed by atoms with E-state index >= 15 is 0 Å². The van der Waals surface area contributed by atoms with Crippen molar-refractivity contribution in [3.8, 4) is 0 Å². The molecule has 71 valence electrons. The standard InChI is InChI=1S/C12H18N/c1-3-7-11(8-4-1)13-12-9-5-2-6-10-12/h7,9H,1-6,8,10H2. The summed E-state index contributed by atoms with van der Waals surface area (Å²) in [5, 5.41) is 4.72. The van der Waals surface area contributed by atoms with Crippen molar-refractivity contribution in [1.29, 1.82) is 0 Å². The van der Waals surface area contributed by atoms with Crippen LogP contribution in [-0.2, 0) is 0 Å². The molecule has 13 heavy (non-hydrogen) atoms. The molecule has 0 aromatic carbocycles. The van der Waals surface area contributed by atoms with E-state index in [9.17, 15) is 0 Å². The Morgan fingerprint density at radius 1 is 0.769 bits per heavy atom. The Bertz CT molecular complexity index is 201. The van der Waals surface area contributed by atoms with E-state index in [0.29, 0.717) is 0 Å². The van der Waals surface area contributed by atoms with E-state index in [1.54, 1.807) is 0 Å². The molecule has 0 unspecified atom stereocenters. The fourth-order valence-corrected chi connectivity index (χ4v) is 2.03. The Kier molecular flexibility index (Phi) is 3.07. The van der Waals surface area contributed by atoms with Gasteiger partial charge in [0.25, 0.3) is 0 Å². The molecule has 1 radical (unpaired) electrons. The number of hydrogen-bond donors (Lipinski definition) is 0. The fourth-order valence-electron chi connectivity index (χ4n) is 2.03. The predicted octanol–water partition coefficient (Wildman–Crippen LogP) is 3.51. The van der Waals surface area contributed by atoms with Gasteiger partial charge in [-0.15, -0.1) is 0 Å². The average Bonchev–Trinajstić information content (AvgIpc) is 2.21. The third-order valence-electron chi connectivity index (χ3n) is 2.82. The molecule has 0 saturated heterocycles. The molecule has 1 nitrogen and oxygen atoms in total. The minimum Gasteiger partial charge on any atom is -0.259 e. The van der Waals surface area contributed by atoms with Crippen LogP contribution in [-0.4, -0.2) is 0 Å². The van der Waals surface area contributed by atoms with E-state index < -0.39 is 0 Å². The lowest BCUT2D eigenvalue weighted by molar-refractivity contribution is 0.622. The average molecular weight is 176 g/mol. The third kappa shape index (κ3) is 2.61. The van der Waals surface area contributed by atoms with Crippen LogP contribution in [0.4, 0.5) is 0 Å². The molecule has 0 heterocycles. The molecule has 0 atom stereocenters. The molecule has 2 aliphatic carbocycles. The summed E-state index contributed by atoms with van der Waals surface area (Å²) in [6.07, 6.45) is 14.9. The zero-order valence-corrected chi connectivity index (χ0v) is 8.26. The van der Waals surface area contributed by atoms with Crippen LogP contribution < -0.4 is 5.32 Å². The maximum Gasteiger partial charge on any atom is 0.0367 e. The molecular formula is C12H18N. The summed E-state index contributed by atoms with van der Waals surface area (Å²) in [7, 11) is 0. The highest BCUT2D eigenvalue weighted by atomic mass is 14.9. The Morgan fingerprint density at radius 3 is 1.69 bits per heavy atom. The van der Waals surface area contributed by atoms with Crippen molar-refractivity contribution in [3.05, 3.63) is 23.5 Å². The van der Waals surface area contributed by atoms with Gasteiger partial charge in [0.2, 0.25) is 0 Å². The third-order valence-corrected chi connectivity index (χ3v) is 2.82. The van der Waals surface area contributed by atoms with Crippen molar-refractivity contribution < 1.29 is 0 Å². The molecule has 1 heteroatoms. The van der Waals surface area contributed by atoms with Crippen LogP contribution in [0.3, 0.4) is 0 Å². The lowest BCUT2D eigenvalue weighted by Gasteiger charge is -2.17. The summed E-state index contributed by atoms with van der Waals surface area (Å²) in [6.45, 7) is 0. The zero-order chi connectivity index (χ0) is 8.93. The molecule has 0 N–H and O–H groups in total. The van der Waals surface area contributed by atoms with E-state index in [0.717, 1.165) is 0 Å². The van der Waals surface area contributed by atoms with Gasteiger partial charge >= 0.3 is 0 Å². The zero-order valence-electron chi connectivity index (χ0n) is 8.26. The van der Waals surface area contributed by atoms with E-state index in [1.807, 2.05) is 0 Å². The monoisotopic (exact) mass is 176 g/mol. The van der Waals surface area contributed by atoms with Gasteiger partial charge in [-0.1, -0.05) is 12.2 Å². The van der Waals surface area contributed by atoms with Gasteiger partial charge in [-0.05, 0) is 51.4 Å². The summed E-state index contributed by atoms with van der Waals surface area (Å²) in [5.41, 5.74) is 2.69. The maximum atomic E-state index is 4.72. The van der Waals surface area contributed by atoms with Crippen molar-refractivity contribution in [3.63, 3.8) is 0 Å². The Labute approximate surface area is 80.9 Å². The van der Waals surface area contributed by atoms with Crippen molar-refractivity contribution >= 4 is 0 Å². The largest absolute Gasteiger partial charge is 0.259 e. The fraction of sp³-hybridized carbons (Fsp3) is 0.667. The SMILES string of the molecule is C1=C([N]C2=CCCCC2)CCCC1. The molecule has 0 amide bonds. The molecular weight excluding hydrogens is 158 g/mol. The number of allylic oxidation sites excluding steroid dienone is 4. The quantitative estimate of drug-likeness (QED) is 0.611. The van der Waals surface area contributed by atoms with E-state index in [-0.39, 0.29) is 0 Å². The second-order valence-corrected chi connectivity index (χ2v) is 3.99. The second-order valence-electron chi connectivity index (χ2n) is 3.99. The van der Waals surface area contributed by atoms with Crippen LogP contribution >= 0.6 is 0 Å². The van der Waals surface area contributed by atoms with Crippen LogP contribution in [0.2, 0.25) is 0 Å². The van der Waals surface area contributed by atoms with Crippen molar-refractivity contribution in [1.82, 2.24) is 5.32 Å². The summed E-state index contributed by atoms with van der Waals surface area (Å²) < 4.78 is 0. The van der Waals surface area contributed by atoms with E-state index in [4.69, 9.17) is 5.32 Å². The lowest BCUT2D eigenvalue weighted by Crippen LogP contribution is -2.09. The molecule has 0 spiro atoms. The topological polar surface area (TPSA) is 14.1 Å². The van der Waals surface area contributed by atoms with Crippen LogP contribution in [0, 0.1) is 0 Å². The van der Waals surface area contributed by atoms with Crippen molar-refractivity contribution in [2.75, 3.05) is 0 Å². The first-order valence-corrected chi connectivity index (χ1v) is 5.55. The summed E-state index contributed by atoms with van der Waals surface area (Å²) in [5.74, 6) is 0. The molecule has 0 saturated carbocycles. The molecule has 0 aromatic rings. The molecule has 0 fully saturated rings. The minimum absolute atomic E-state index is 1.21. The molecule has 2 aliphatic rings. The van der Waals surface area contributed by atoms with Crippen molar-refractivity contribution in [2.24, 2.45) is 0 Å². The van der Waals surface area contributed by atoms with E-state index in [1.165, 1.54) is 62.8 Å². The van der Waals surface area contributed by atoms with Crippen LogP contribution in [0.1, 0.15) is 51.4 Å². The van der Waals surface area contributed by atoms with Gasteiger partial charge in [0.15, 0.2) is 0 Å². The summed E-state index contributed by atoms with van der Waals surface area (Å²) in [4.78, 5) is 0. The second kappa shape index (κ2) is 4.50. The highest BCUT2D eigenvalue weighted by Gasteiger charge is 2.09. The molecule has 0 aliphatic heterocycles. The van der Waals surface area contributed by atoms with Crippen LogP contribution in [0.5, 0.6) is 0 Å². The Balaban J connectivity index is 1.88. The highest BCUT2D eigenvalue weighted by molar-refractivity contribution is 5.13. The number of hydrogen-bond acceptors (Lipinski definition) is 0. The van der Waals surface area contributed by atoms with Gasteiger partial charge < -0.3 is 0 Å². The van der Waals surface area contributed by atoms with Gasteiger partial charge in [0.05, 0.1) is 0 Å². The van der Waals surface area contributed by atoms with E-state index in [2.05, 4.69) is 12.2 Å². The number of rotatable bonds is 2. The van der Waals surface area contributed by atoms with Crippen molar-refractivity contribution in [2.45, 2.75) is 51.4 Å². The van der Waals surface area contributed by atoms with Gasteiger partial charge in [-0.3, -0.25) is 5.32 Å². The summed E-state index contributed by atoms with van der Waals surface area (Å²) in [6, 6.07) is 0. The predicted molar refractivity (Wildman–Crippen MR) is 55.2 cm³/mol. The number of nitrogens with zero attached hydrogens (tertiary/aromatic N) is 1. The van der Waals surface area contributed by atoms with Crippen LogP contribution in [0.15, 0.2) is 23.5 Å². The van der Waals surface area contributed by atoms with Gasteiger partial charge in [0.1, 0.15) is 0 Å². The molecule has 0 bridgehead atoms. The first kappa shape index (κ1) is 8.86. The normalized spacial score (nSPS) is 23.4. The maximum absolute atomic E-state index is 4.72. The highest BCUT2D eigenvalue weighted by Crippen LogP contribution is 2.21. The van der Waals surface area contributed by atoms with Gasteiger partial charge in [-0.25, -0.2) is 0 Å². The molecule has 0 aromatic heterocycles. The minimum atomic E-state index is 1.21. The van der Waals surface area contributed by atoms with Gasteiger partial charge in [-0.2, -0.15) is 0 Å². The lowest BCUT2D eigenvalue weighted by atomic mass is 10.0. The Hall–Kier alpha value is -0.720. The van der Waals surface area contributed by atoms with Crippen LogP contribution in [0.25, 0.3) is 0 Å². The van der Waals surface area contributed by atoms with Gasteiger partial charge in [0, 0.05) is 11.4 Å². The first-order chi connectivity index (χ1) is 6.45. The first-order valence-electron chi connectivity index (χ1n) is 5.55. The Morgan fingerprint density at radius 2 is 1.31 bits per heavy atom. The molecule has 2 rings (SSSR count).